The largest absolute Gasteiger partial charge is 0.493 e. The lowest BCUT2D eigenvalue weighted by Crippen LogP contribution is -2.14. The fraction of sp³-hybridized carbons (Fsp3) is 0.174. The number of carboxylic acids is 1. The molecule has 1 atom stereocenters. The number of hydrogen-bond acceptors (Lipinski definition) is 5. The third-order valence-corrected chi connectivity index (χ3v) is 6.21. The Labute approximate surface area is 185 Å². The Morgan fingerprint density at radius 1 is 1.00 bits per heavy atom. The highest BCUT2D eigenvalue weighted by atomic mass is 35.5. The summed E-state index contributed by atoms with van der Waals surface area (Å²) in [5.41, 5.74) is 1.46. The molecule has 0 heterocycles. The molecule has 0 amide bonds. The first kappa shape index (κ1) is 22.7. The second-order valence-corrected chi connectivity index (χ2v) is 9.53. The van der Waals surface area contributed by atoms with Crippen molar-refractivity contribution >= 4 is 27.4 Å². The summed E-state index contributed by atoms with van der Waals surface area (Å²) < 4.78 is 36.9. The lowest BCUT2D eigenvalue weighted by Gasteiger charge is -2.21. The van der Waals surface area contributed by atoms with Gasteiger partial charge in [0.05, 0.1) is 13.5 Å². The van der Waals surface area contributed by atoms with Crippen molar-refractivity contribution in [3.63, 3.8) is 0 Å². The van der Waals surface area contributed by atoms with Crippen LogP contribution >= 0.6 is 11.6 Å². The van der Waals surface area contributed by atoms with Crippen molar-refractivity contribution in [2.45, 2.75) is 11.7 Å². The molecule has 3 rings (SSSR count). The van der Waals surface area contributed by atoms with Crippen LogP contribution in [0.5, 0.6) is 17.2 Å². The van der Waals surface area contributed by atoms with Crippen LogP contribution in [0, 0.1) is 0 Å². The minimum absolute atomic E-state index is 0.191. The number of aliphatic carboxylic acids is 1. The summed E-state index contributed by atoms with van der Waals surface area (Å²) in [6.07, 6.45) is 0.966. The molecule has 0 saturated carbocycles. The van der Waals surface area contributed by atoms with Crippen LogP contribution in [0.2, 0.25) is 5.02 Å². The van der Waals surface area contributed by atoms with E-state index in [0.29, 0.717) is 27.5 Å². The Morgan fingerprint density at radius 3 is 2.29 bits per heavy atom. The molecule has 6 nitrogen and oxygen atoms in total. The summed E-state index contributed by atoms with van der Waals surface area (Å²) in [5, 5.41) is 8.44. The Morgan fingerprint density at radius 2 is 1.68 bits per heavy atom. The van der Waals surface area contributed by atoms with E-state index in [1.165, 1.54) is 7.11 Å². The zero-order chi connectivity index (χ0) is 22.6. The highest BCUT2D eigenvalue weighted by molar-refractivity contribution is 7.91. The average molecular weight is 461 g/mol. The number of carbonyl (C=O) groups is 1. The van der Waals surface area contributed by atoms with Crippen molar-refractivity contribution in [3.8, 4) is 17.2 Å². The molecule has 0 radical (unpaired) electrons. The lowest BCUT2D eigenvalue weighted by atomic mass is 10.0. The molecule has 162 valence electrons. The molecule has 3 aromatic carbocycles. The average Bonchev–Trinajstić information content (AvgIpc) is 2.70. The van der Waals surface area contributed by atoms with Crippen LogP contribution in [-0.4, -0.2) is 32.9 Å². The zero-order valence-corrected chi connectivity index (χ0v) is 18.5. The molecule has 0 bridgehead atoms. The van der Waals surface area contributed by atoms with Crippen LogP contribution in [0.25, 0.3) is 0 Å². The highest BCUT2D eigenvalue weighted by Gasteiger charge is 2.29. The molecule has 1 N–H and O–H groups in total. The van der Waals surface area contributed by atoms with Crippen molar-refractivity contribution in [2.24, 2.45) is 0 Å². The number of hydrogen-bond donors (Lipinski definition) is 1. The molecule has 31 heavy (non-hydrogen) atoms. The lowest BCUT2D eigenvalue weighted by molar-refractivity contribution is -0.136. The molecule has 1 unspecified atom stereocenters. The molecular formula is C23H21ClO6S. The van der Waals surface area contributed by atoms with Gasteiger partial charge in [0, 0.05) is 16.8 Å². The third-order valence-electron chi connectivity index (χ3n) is 4.59. The number of methoxy groups -OCH3 is 1. The molecule has 0 spiro atoms. The number of carboxylic acid groups (broad SMARTS) is 1. The predicted octanol–water partition coefficient (Wildman–Crippen LogP) is 4.90. The van der Waals surface area contributed by atoms with Gasteiger partial charge in [-0.05, 0) is 41.5 Å². The van der Waals surface area contributed by atoms with Gasteiger partial charge in [0.1, 0.15) is 11.0 Å². The molecule has 0 saturated heterocycles. The molecule has 0 aromatic heterocycles. The first-order valence-corrected chi connectivity index (χ1v) is 11.6. The van der Waals surface area contributed by atoms with Gasteiger partial charge in [-0.1, -0.05) is 48.0 Å². The maximum Gasteiger partial charge on any atom is 0.307 e. The standard InChI is InChI=1S/C23H21ClO6S/c1-29-20-10-8-15(13-22(25)26)12-21(20)30-19-11-9-17(24)14-18(19)23(31(2,27)28)16-6-4-3-5-7-16/h3-12,14,23H,13H2,1-2H3,(H,25,26). The maximum absolute atomic E-state index is 12.8. The van der Waals surface area contributed by atoms with Gasteiger partial charge in [0.2, 0.25) is 0 Å². The predicted molar refractivity (Wildman–Crippen MR) is 119 cm³/mol. The number of sulfone groups is 1. The minimum Gasteiger partial charge on any atom is -0.493 e. The Bertz CT molecular complexity index is 1190. The van der Waals surface area contributed by atoms with Gasteiger partial charge in [0.15, 0.2) is 21.3 Å². The van der Waals surface area contributed by atoms with E-state index in [9.17, 15) is 13.2 Å². The van der Waals surface area contributed by atoms with E-state index >= 15 is 0 Å². The van der Waals surface area contributed by atoms with E-state index in [1.54, 1.807) is 66.7 Å². The van der Waals surface area contributed by atoms with Crippen molar-refractivity contribution in [3.05, 3.63) is 88.4 Å². The zero-order valence-electron chi connectivity index (χ0n) is 16.9. The van der Waals surface area contributed by atoms with E-state index in [1.807, 2.05) is 0 Å². The second kappa shape index (κ2) is 9.41. The number of ether oxygens (including phenoxy) is 2. The van der Waals surface area contributed by atoms with Crippen LogP contribution in [-0.2, 0) is 21.1 Å². The molecule has 8 heteroatoms. The van der Waals surface area contributed by atoms with Crippen LogP contribution in [0.1, 0.15) is 21.9 Å². The van der Waals surface area contributed by atoms with E-state index in [4.69, 9.17) is 26.2 Å². The third kappa shape index (κ3) is 5.57. The fourth-order valence-electron chi connectivity index (χ4n) is 3.31. The number of benzene rings is 3. The van der Waals surface area contributed by atoms with Crippen LogP contribution in [0.15, 0.2) is 66.7 Å². The molecular weight excluding hydrogens is 440 g/mol. The Balaban J connectivity index is 2.13. The van der Waals surface area contributed by atoms with E-state index in [2.05, 4.69) is 0 Å². The number of rotatable bonds is 8. The van der Waals surface area contributed by atoms with Crippen LogP contribution in [0.3, 0.4) is 0 Å². The van der Waals surface area contributed by atoms with Gasteiger partial charge in [-0.25, -0.2) is 8.42 Å². The quantitative estimate of drug-likeness (QED) is 0.514. The summed E-state index contributed by atoms with van der Waals surface area (Å²) in [6, 6.07) is 18.3. The van der Waals surface area contributed by atoms with Gasteiger partial charge in [-0.2, -0.15) is 0 Å². The topological polar surface area (TPSA) is 89.9 Å². The summed E-state index contributed by atoms with van der Waals surface area (Å²) in [7, 11) is -2.13. The summed E-state index contributed by atoms with van der Waals surface area (Å²) >= 11 is 6.20. The van der Waals surface area contributed by atoms with Gasteiger partial charge < -0.3 is 14.6 Å². The molecule has 0 fully saturated rings. The van der Waals surface area contributed by atoms with Gasteiger partial charge in [-0.15, -0.1) is 0 Å². The second-order valence-electron chi connectivity index (χ2n) is 6.96. The van der Waals surface area contributed by atoms with Crippen molar-refractivity contribution in [1.82, 2.24) is 0 Å². The maximum atomic E-state index is 12.8. The van der Waals surface area contributed by atoms with Gasteiger partial charge in [-0.3, -0.25) is 4.79 Å². The first-order valence-electron chi connectivity index (χ1n) is 9.29. The van der Waals surface area contributed by atoms with E-state index in [-0.39, 0.29) is 17.9 Å². The highest BCUT2D eigenvalue weighted by Crippen LogP contribution is 2.41. The van der Waals surface area contributed by atoms with Crippen molar-refractivity contribution in [1.29, 1.82) is 0 Å². The van der Waals surface area contributed by atoms with Gasteiger partial charge >= 0.3 is 5.97 Å². The SMILES string of the molecule is COc1ccc(CC(=O)O)cc1Oc1ccc(Cl)cc1C(c1ccccc1)S(C)(=O)=O. The van der Waals surface area contributed by atoms with Crippen LogP contribution < -0.4 is 9.47 Å². The Kier molecular flexibility index (Phi) is 6.87. The van der Waals surface area contributed by atoms with Crippen molar-refractivity contribution < 1.29 is 27.8 Å². The summed E-state index contributed by atoms with van der Waals surface area (Å²) in [5.74, 6) is -0.0604. The minimum atomic E-state index is -3.59. The monoisotopic (exact) mass is 460 g/mol. The smallest absolute Gasteiger partial charge is 0.307 e. The summed E-state index contributed by atoms with van der Waals surface area (Å²) in [6.45, 7) is 0. The summed E-state index contributed by atoms with van der Waals surface area (Å²) in [4.78, 5) is 11.1. The van der Waals surface area contributed by atoms with Gasteiger partial charge in [0.25, 0.3) is 0 Å². The number of halogens is 1. The molecule has 3 aromatic rings. The van der Waals surface area contributed by atoms with Crippen LogP contribution in [0.4, 0.5) is 0 Å². The fourth-order valence-corrected chi connectivity index (χ4v) is 4.78. The molecule has 0 aliphatic rings. The Hall–Kier alpha value is -3.03. The molecule has 0 aliphatic carbocycles. The molecule has 0 aliphatic heterocycles. The normalized spacial score (nSPS) is 12.2. The van der Waals surface area contributed by atoms with Crippen molar-refractivity contribution in [2.75, 3.05) is 13.4 Å². The van der Waals surface area contributed by atoms with E-state index in [0.717, 1.165) is 6.26 Å². The van der Waals surface area contributed by atoms with E-state index < -0.39 is 21.1 Å². The first-order chi connectivity index (χ1) is 14.7.